The minimum atomic E-state index is -3.73. The molecule has 2 aromatic carbocycles. The van der Waals surface area contributed by atoms with Crippen LogP contribution < -0.4 is 10.9 Å². The van der Waals surface area contributed by atoms with Gasteiger partial charge in [0.15, 0.2) is 0 Å². The van der Waals surface area contributed by atoms with Crippen LogP contribution in [0.3, 0.4) is 0 Å². The van der Waals surface area contributed by atoms with Gasteiger partial charge < -0.3 is 5.32 Å². The Morgan fingerprint density at radius 1 is 1.00 bits per heavy atom. The third kappa shape index (κ3) is 4.67. The number of carbonyl (C=O) groups excluding carboxylic acids is 1. The monoisotopic (exact) mass is 487 g/mol. The molecule has 0 radical (unpaired) electrons. The molecule has 1 aliphatic heterocycles. The van der Waals surface area contributed by atoms with Crippen LogP contribution >= 0.6 is 0 Å². The van der Waals surface area contributed by atoms with Crippen molar-refractivity contribution in [1.82, 2.24) is 18.6 Å². The van der Waals surface area contributed by atoms with Gasteiger partial charge in [-0.15, -0.1) is 0 Å². The first-order valence-electron chi connectivity index (χ1n) is 10.8. The summed E-state index contributed by atoms with van der Waals surface area (Å²) < 4.78 is 43.2. The second-order valence-electron chi connectivity index (χ2n) is 8.12. The number of anilines is 1. The number of nitrogens with one attached hydrogen (secondary N) is 1. The lowest BCUT2D eigenvalue weighted by Crippen LogP contribution is -2.50. The van der Waals surface area contributed by atoms with Gasteiger partial charge in [-0.1, -0.05) is 18.2 Å². The Kier molecular flexibility index (Phi) is 6.69. The van der Waals surface area contributed by atoms with Crippen LogP contribution in [0.1, 0.15) is 5.69 Å². The van der Waals surface area contributed by atoms with Gasteiger partial charge in [-0.3, -0.25) is 19.2 Å². The largest absolute Gasteiger partial charge is 0.319 e. The molecule has 34 heavy (non-hydrogen) atoms. The van der Waals surface area contributed by atoms with Gasteiger partial charge in [0, 0.05) is 33.2 Å². The smallest absolute Gasteiger partial charge is 0.295 e. The molecule has 0 spiro atoms. The van der Waals surface area contributed by atoms with E-state index in [-0.39, 0.29) is 41.7 Å². The van der Waals surface area contributed by atoms with Crippen LogP contribution in [0.25, 0.3) is 5.69 Å². The highest BCUT2D eigenvalue weighted by Crippen LogP contribution is 2.18. The molecule has 1 aliphatic rings. The van der Waals surface area contributed by atoms with Crippen molar-refractivity contribution in [2.45, 2.75) is 11.8 Å². The number of para-hydroxylation sites is 1. The van der Waals surface area contributed by atoms with Crippen LogP contribution in [0, 0.1) is 12.7 Å². The van der Waals surface area contributed by atoms with Crippen molar-refractivity contribution in [1.29, 1.82) is 0 Å². The molecule has 1 amide bonds. The van der Waals surface area contributed by atoms with Crippen LogP contribution in [0.5, 0.6) is 0 Å². The number of rotatable bonds is 6. The molecule has 1 fully saturated rings. The van der Waals surface area contributed by atoms with E-state index in [9.17, 15) is 22.4 Å². The van der Waals surface area contributed by atoms with Crippen LogP contribution in [-0.4, -0.2) is 65.6 Å². The molecule has 180 valence electrons. The fourth-order valence-electron chi connectivity index (χ4n) is 3.98. The number of nitrogens with zero attached hydrogens (tertiary/aromatic N) is 4. The number of amides is 1. The summed E-state index contributed by atoms with van der Waals surface area (Å²) >= 11 is 0. The summed E-state index contributed by atoms with van der Waals surface area (Å²) in [6.45, 7) is 2.92. The molecule has 1 saturated heterocycles. The van der Waals surface area contributed by atoms with Crippen LogP contribution in [-0.2, 0) is 21.9 Å². The lowest BCUT2D eigenvalue weighted by Gasteiger charge is -2.33. The van der Waals surface area contributed by atoms with Gasteiger partial charge >= 0.3 is 0 Å². The Bertz CT molecular complexity index is 1340. The van der Waals surface area contributed by atoms with Gasteiger partial charge in [0.1, 0.15) is 11.5 Å². The van der Waals surface area contributed by atoms with Crippen molar-refractivity contribution >= 4 is 21.6 Å². The van der Waals surface area contributed by atoms with E-state index in [1.807, 2.05) is 35.2 Å². The molecule has 2 heterocycles. The average Bonchev–Trinajstić information content (AvgIpc) is 3.03. The van der Waals surface area contributed by atoms with Gasteiger partial charge in [-0.2, -0.15) is 4.31 Å². The van der Waals surface area contributed by atoms with Gasteiger partial charge in [0.05, 0.1) is 22.8 Å². The minimum Gasteiger partial charge on any atom is -0.319 e. The van der Waals surface area contributed by atoms with E-state index >= 15 is 0 Å². The van der Waals surface area contributed by atoms with Gasteiger partial charge in [0.25, 0.3) is 5.56 Å². The van der Waals surface area contributed by atoms with E-state index in [1.54, 1.807) is 18.7 Å². The van der Waals surface area contributed by atoms with Crippen LogP contribution in [0.4, 0.5) is 10.1 Å². The van der Waals surface area contributed by atoms with Crippen molar-refractivity contribution in [2.75, 3.05) is 38.0 Å². The predicted molar refractivity (Wildman–Crippen MR) is 126 cm³/mol. The first-order chi connectivity index (χ1) is 16.2. The van der Waals surface area contributed by atoms with Crippen molar-refractivity contribution in [2.24, 2.45) is 7.05 Å². The number of benzene rings is 2. The highest BCUT2D eigenvalue weighted by atomic mass is 32.2. The summed E-state index contributed by atoms with van der Waals surface area (Å²) in [4.78, 5) is 27.5. The topological polar surface area (TPSA) is 96.7 Å². The van der Waals surface area contributed by atoms with E-state index in [4.69, 9.17) is 0 Å². The molecular formula is C23H26FN5O4S. The molecule has 0 atom stereocenters. The third-order valence-corrected chi connectivity index (χ3v) is 7.88. The van der Waals surface area contributed by atoms with E-state index in [2.05, 4.69) is 5.32 Å². The Labute approximate surface area is 197 Å². The second kappa shape index (κ2) is 9.53. The highest BCUT2D eigenvalue weighted by molar-refractivity contribution is 7.89. The van der Waals surface area contributed by atoms with E-state index in [0.29, 0.717) is 24.5 Å². The number of hydrogen-bond acceptors (Lipinski definition) is 5. The third-order valence-electron chi connectivity index (χ3n) is 5.97. The van der Waals surface area contributed by atoms with Gasteiger partial charge in [-0.05, 0) is 43.3 Å². The van der Waals surface area contributed by atoms with Crippen LogP contribution in [0.2, 0.25) is 0 Å². The standard InChI is InChI=1S/C23H26FN5O4S/c1-17-22(23(31)29(26(17)2)19-6-4-3-5-7-19)25-21(30)16-27-12-14-28(15-13-27)34(32,33)20-10-8-18(24)9-11-20/h3-11H,12-16H2,1-2H3,(H,25,30). The van der Waals surface area contributed by atoms with Crippen molar-refractivity contribution in [3.05, 3.63) is 76.5 Å². The van der Waals surface area contributed by atoms with Crippen molar-refractivity contribution in [3.63, 3.8) is 0 Å². The number of hydrogen-bond donors (Lipinski definition) is 1. The summed E-state index contributed by atoms with van der Waals surface area (Å²) in [5, 5.41) is 2.73. The zero-order valence-electron chi connectivity index (χ0n) is 18.9. The quantitative estimate of drug-likeness (QED) is 0.570. The maximum Gasteiger partial charge on any atom is 0.295 e. The maximum atomic E-state index is 13.1. The number of aromatic nitrogens is 2. The lowest BCUT2D eigenvalue weighted by molar-refractivity contribution is -0.117. The van der Waals surface area contributed by atoms with Gasteiger partial charge in [-0.25, -0.2) is 17.5 Å². The maximum absolute atomic E-state index is 13.1. The molecule has 0 saturated carbocycles. The van der Waals surface area contributed by atoms with E-state index < -0.39 is 15.8 Å². The zero-order chi connectivity index (χ0) is 24.5. The Morgan fingerprint density at radius 2 is 1.62 bits per heavy atom. The van der Waals surface area contributed by atoms with Crippen molar-refractivity contribution in [3.8, 4) is 5.69 Å². The first-order valence-corrected chi connectivity index (χ1v) is 12.2. The summed E-state index contributed by atoms with van der Waals surface area (Å²) in [6.07, 6.45) is 0. The Hall–Kier alpha value is -3.28. The fourth-order valence-corrected chi connectivity index (χ4v) is 5.40. The zero-order valence-corrected chi connectivity index (χ0v) is 19.8. The number of halogens is 1. The predicted octanol–water partition coefficient (Wildman–Crippen LogP) is 1.57. The Morgan fingerprint density at radius 3 is 2.24 bits per heavy atom. The molecule has 0 aliphatic carbocycles. The summed E-state index contributed by atoms with van der Waals surface area (Å²) in [7, 11) is -1.98. The molecule has 9 nitrogen and oxygen atoms in total. The number of carbonyl (C=O) groups is 1. The lowest BCUT2D eigenvalue weighted by atomic mass is 10.3. The number of piperazine rings is 1. The van der Waals surface area contributed by atoms with E-state index in [1.165, 1.54) is 21.1 Å². The van der Waals surface area contributed by atoms with Gasteiger partial charge in [0.2, 0.25) is 15.9 Å². The second-order valence-corrected chi connectivity index (χ2v) is 10.1. The molecule has 1 N–H and O–H groups in total. The SMILES string of the molecule is Cc1c(NC(=O)CN2CCN(S(=O)(=O)c3ccc(F)cc3)CC2)c(=O)n(-c2ccccc2)n1C. The first kappa shape index (κ1) is 23.9. The molecule has 3 aromatic rings. The Balaban J connectivity index is 1.39. The van der Waals surface area contributed by atoms with E-state index in [0.717, 1.165) is 12.1 Å². The van der Waals surface area contributed by atoms with Crippen LogP contribution in [0.15, 0.2) is 64.3 Å². The molecule has 4 rings (SSSR count). The molecule has 1 aromatic heterocycles. The molecule has 0 unspecified atom stereocenters. The molecule has 0 bridgehead atoms. The summed E-state index contributed by atoms with van der Waals surface area (Å²) in [6, 6.07) is 13.9. The van der Waals surface area contributed by atoms with Crippen molar-refractivity contribution < 1.29 is 17.6 Å². The normalized spacial score (nSPS) is 15.4. The number of sulfonamides is 1. The fraction of sp³-hybridized carbons (Fsp3) is 0.304. The summed E-state index contributed by atoms with van der Waals surface area (Å²) in [5.74, 6) is -0.847. The average molecular weight is 488 g/mol. The molecular weight excluding hydrogens is 461 g/mol. The summed E-state index contributed by atoms with van der Waals surface area (Å²) in [5.41, 5.74) is 1.21. The molecule has 11 heteroatoms. The highest BCUT2D eigenvalue weighted by Gasteiger charge is 2.29. The minimum absolute atomic E-state index is 0.0313.